The molecule has 1 aliphatic carbocycles. The molecule has 2 rings (SSSR count). The fourth-order valence-corrected chi connectivity index (χ4v) is 3.52. The number of piperidine rings is 1. The summed E-state index contributed by atoms with van der Waals surface area (Å²) in [6, 6.07) is 0.0516. The van der Waals surface area contributed by atoms with Crippen LogP contribution in [-0.2, 0) is 4.79 Å². The van der Waals surface area contributed by atoms with Crippen LogP contribution in [0.5, 0.6) is 0 Å². The summed E-state index contributed by atoms with van der Waals surface area (Å²) in [5.41, 5.74) is 0. The first-order chi connectivity index (χ1) is 9.19. The van der Waals surface area contributed by atoms with Crippen LogP contribution in [0.3, 0.4) is 0 Å². The molecule has 1 amide bonds. The second-order valence-corrected chi connectivity index (χ2v) is 6.68. The van der Waals surface area contributed by atoms with E-state index >= 15 is 0 Å². The quantitative estimate of drug-likeness (QED) is 0.821. The molecular weight excluding hydrogens is 236 g/mol. The van der Waals surface area contributed by atoms with E-state index in [1.54, 1.807) is 0 Å². The van der Waals surface area contributed by atoms with E-state index < -0.39 is 0 Å². The SMILES string of the molecule is CCC1CCC(CNC(=O)C2CC(C)CCN2)CC1. The summed E-state index contributed by atoms with van der Waals surface area (Å²) in [6.07, 6.45) is 8.83. The lowest BCUT2D eigenvalue weighted by Crippen LogP contribution is -2.49. The smallest absolute Gasteiger partial charge is 0.237 e. The van der Waals surface area contributed by atoms with Gasteiger partial charge in [-0.15, -0.1) is 0 Å². The summed E-state index contributed by atoms with van der Waals surface area (Å²) in [4.78, 5) is 12.1. The van der Waals surface area contributed by atoms with E-state index in [4.69, 9.17) is 0 Å². The zero-order valence-electron chi connectivity index (χ0n) is 12.6. The van der Waals surface area contributed by atoms with Gasteiger partial charge in [0.05, 0.1) is 6.04 Å². The molecule has 1 saturated carbocycles. The van der Waals surface area contributed by atoms with Crippen molar-refractivity contribution in [1.29, 1.82) is 0 Å². The van der Waals surface area contributed by atoms with E-state index in [0.717, 1.165) is 25.4 Å². The number of carbonyl (C=O) groups is 1. The standard InChI is InChI=1S/C16H30N2O/c1-3-13-4-6-14(7-5-13)11-18-16(19)15-10-12(2)8-9-17-15/h12-15,17H,3-11H2,1-2H3,(H,18,19). The zero-order chi connectivity index (χ0) is 13.7. The number of carbonyl (C=O) groups excluding carboxylic acids is 1. The van der Waals surface area contributed by atoms with Crippen molar-refractivity contribution in [2.45, 2.75) is 64.8 Å². The van der Waals surface area contributed by atoms with E-state index in [2.05, 4.69) is 24.5 Å². The third kappa shape index (κ3) is 4.48. The van der Waals surface area contributed by atoms with Crippen LogP contribution in [0.2, 0.25) is 0 Å². The molecular formula is C16H30N2O. The zero-order valence-corrected chi connectivity index (χ0v) is 12.6. The van der Waals surface area contributed by atoms with Crippen molar-refractivity contribution < 1.29 is 4.79 Å². The lowest BCUT2D eigenvalue weighted by Gasteiger charge is -2.30. The number of nitrogens with one attached hydrogen (secondary N) is 2. The second-order valence-electron chi connectivity index (χ2n) is 6.68. The third-order valence-corrected chi connectivity index (χ3v) is 5.09. The predicted octanol–water partition coefficient (Wildman–Crippen LogP) is 2.71. The summed E-state index contributed by atoms with van der Waals surface area (Å²) in [5, 5.41) is 6.52. The van der Waals surface area contributed by atoms with Gasteiger partial charge < -0.3 is 10.6 Å². The largest absolute Gasteiger partial charge is 0.354 e. The van der Waals surface area contributed by atoms with Crippen LogP contribution in [0.15, 0.2) is 0 Å². The van der Waals surface area contributed by atoms with E-state index in [1.807, 2.05) is 0 Å². The van der Waals surface area contributed by atoms with Gasteiger partial charge in [-0.1, -0.05) is 33.1 Å². The molecule has 0 aromatic rings. The molecule has 0 bridgehead atoms. The lowest BCUT2D eigenvalue weighted by atomic mass is 9.81. The van der Waals surface area contributed by atoms with Crippen LogP contribution in [0.4, 0.5) is 0 Å². The molecule has 1 heterocycles. The Morgan fingerprint density at radius 3 is 2.47 bits per heavy atom. The highest BCUT2D eigenvalue weighted by molar-refractivity contribution is 5.81. The third-order valence-electron chi connectivity index (χ3n) is 5.09. The number of hydrogen-bond acceptors (Lipinski definition) is 2. The second kappa shape index (κ2) is 7.28. The van der Waals surface area contributed by atoms with Gasteiger partial charge in [0.25, 0.3) is 0 Å². The number of amides is 1. The highest BCUT2D eigenvalue weighted by atomic mass is 16.2. The lowest BCUT2D eigenvalue weighted by molar-refractivity contribution is -0.124. The number of hydrogen-bond donors (Lipinski definition) is 2. The highest BCUT2D eigenvalue weighted by Gasteiger charge is 2.25. The number of rotatable bonds is 4. The maximum absolute atomic E-state index is 12.1. The molecule has 1 aliphatic heterocycles. The maximum Gasteiger partial charge on any atom is 0.237 e. The molecule has 3 heteroatoms. The fourth-order valence-electron chi connectivity index (χ4n) is 3.52. The molecule has 110 valence electrons. The van der Waals surface area contributed by atoms with Crippen LogP contribution < -0.4 is 10.6 Å². The van der Waals surface area contributed by atoms with E-state index in [-0.39, 0.29) is 11.9 Å². The molecule has 2 unspecified atom stereocenters. The molecule has 3 nitrogen and oxygen atoms in total. The van der Waals surface area contributed by atoms with Gasteiger partial charge in [0, 0.05) is 6.54 Å². The molecule has 1 saturated heterocycles. The Labute approximate surface area is 117 Å². The normalized spacial score (nSPS) is 35.9. The minimum absolute atomic E-state index is 0.0516. The Hall–Kier alpha value is -0.570. The average Bonchev–Trinajstić information content (AvgIpc) is 2.45. The minimum atomic E-state index is 0.0516. The summed E-state index contributed by atoms with van der Waals surface area (Å²) in [5.74, 6) is 2.56. The van der Waals surface area contributed by atoms with Crippen molar-refractivity contribution in [3.8, 4) is 0 Å². The van der Waals surface area contributed by atoms with Gasteiger partial charge in [-0.25, -0.2) is 0 Å². The van der Waals surface area contributed by atoms with Crippen molar-refractivity contribution in [2.75, 3.05) is 13.1 Å². The minimum Gasteiger partial charge on any atom is -0.354 e. The first kappa shape index (κ1) is 14.8. The molecule has 2 fully saturated rings. The first-order valence-corrected chi connectivity index (χ1v) is 8.20. The molecule has 19 heavy (non-hydrogen) atoms. The Balaban J connectivity index is 1.66. The Kier molecular flexibility index (Phi) is 5.68. The van der Waals surface area contributed by atoms with Gasteiger partial charge in [0.15, 0.2) is 0 Å². The predicted molar refractivity (Wildman–Crippen MR) is 78.9 cm³/mol. The van der Waals surface area contributed by atoms with E-state index in [0.29, 0.717) is 11.8 Å². The van der Waals surface area contributed by atoms with Crippen LogP contribution in [0.1, 0.15) is 58.8 Å². The molecule has 0 radical (unpaired) electrons. The summed E-state index contributed by atoms with van der Waals surface area (Å²) in [6.45, 7) is 6.42. The molecule has 0 aromatic carbocycles. The maximum atomic E-state index is 12.1. The molecule has 0 aromatic heterocycles. The fraction of sp³-hybridized carbons (Fsp3) is 0.938. The highest BCUT2D eigenvalue weighted by Crippen LogP contribution is 2.30. The van der Waals surface area contributed by atoms with Gasteiger partial charge in [-0.2, -0.15) is 0 Å². The van der Waals surface area contributed by atoms with Crippen LogP contribution in [-0.4, -0.2) is 25.0 Å². The average molecular weight is 266 g/mol. The van der Waals surface area contributed by atoms with Gasteiger partial charge in [0.2, 0.25) is 5.91 Å². The monoisotopic (exact) mass is 266 g/mol. The van der Waals surface area contributed by atoms with Crippen molar-refractivity contribution in [1.82, 2.24) is 10.6 Å². The van der Waals surface area contributed by atoms with Crippen LogP contribution in [0.25, 0.3) is 0 Å². The molecule has 2 N–H and O–H groups in total. The van der Waals surface area contributed by atoms with Gasteiger partial charge in [0.1, 0.15) is 0 Å². The van der Waals surface area contributed by atoms with Crippen LogP contribution >= 0.6 is 0 Å². The summed E-state index contributed by atoms with van der Waals surface area (Å²) >= 11 is 0. The van der Waals surface area contributed by atoms with Crippen LogP contribution in [0, 0.1) is 17.8 Å². The Bertz CT molecular complexity index is 284. The molecule has 0 spiro atoms. The molecule has 2 atom stereocenters. The Morgan fingerprint density at radius 2 is 1.84 bits per heavy atom. The Morgan fingerprint density at radius 1 is 1.16 bits per heavy atom. The van der Waals surface area contributed by atoms with Gasteiger partial charge in [-0.05, 0) is 50.0 Å². The first-order valence-electron chi connectivity index (χ1n) is 8.20. The van der Waals surface area contributed by atoms with Crippen molar-refractivity contribution in [3.05, 3.63) is 0 Å². The van der Waals surface area contributed by atoms with Gasteiger partial charge in [-0.3, -0.25) is 4.79 Å². The topological polar surface area (TPSA) is 41.1 Å². The van der Waals surface area contributed by atoms with Crippen molar-refractivity contribution in [2.24, 2.45) is 17.8 Å². The van der Waals surface area contributed by atoms with Gasteiger partial charge >= 0.3 is 0 Å². The summed E-state index contributed by atoms with van der Waals surface area (Å²) in [7, 11) is 0. The summed E-state index contributed by atoms with van der Waals surface area (Å²) < 4.78 is 0. The van der Waals surface area contributed by atoms with Crippen molar-refractivity contribution >= 4 is 5.91 Å². The van der Waals surface area contributed by atoms with E-state index in [9.17, 15) is 4.79 Å². The molecule has 2 aliphatic rings. The van der Waals surface area contributed by atoms with Crippen molar-refractivity contribution in [3.63, 3.8) is 0 Å². The van der Waals surface area contributed by atoms with E-state index in [1.165, 1.54) is 38.5 Å².